The fourth-order valence-electron chi connectivity index (χ4n) is 1.64. The second-order valence-corrected chi connectivity index (χ2v) is 4.71. The van der Waals surface area contributed by atoms with E-state index in [0.29, 0.717) is 0 Å². The van der Waals surface area contributed by atoms with E-state index in [0.717, 1.165) is 15.6 Å². The van der Waals surface area contributed by atoms with Crippen molar-refractivity contribution in [2.24, 2.45) is 0 Å². The molecule has 4 heteroatoms. The van der Waals surface area contributed by atoms with E-state index in [1.807, 2.05) is 40.9 Å². The first kappa shape index (κ1) is 10.2. The van der Waals surface area contributed by atoms with E-state index >= 15 is 0 Å². The lowest BCUT2D eigenvalue weighted by Crippen LogP contribution is -1.87. The summed E-state index contributed by atoms with van der Waals surface area (Å²) in [6, 6.07) is 13.2. The molecule has 0 saturated carbocycles. The molecule has 1 aromatic carbocycles. The van der Waals surface area contributed by atoms with Crippen LogP contribution in [0.25, 0.3) is 5.65 Å². The van der Waals surface area contributed by atoms with Crippen LogP contribution in [0.15, 0.2) is 64.8 Å². The maximum absolute atomic E-state index is 9.24. The van der Waals surface area contributed by atoms with Gasteiger partial charge >= 0.3 is 0 Å². The number of benzene rings is 1. The molecule has 2 aromatic heterocycles. The fourth-order valence-corrected chi connectivity index (χ4v) is 2.55. The molecule has 3 rings (SSSR count). The van der Waals surface area contributed by atoms with E-state index in [-0.39, 0.29) is 5.75 Å². The molecule has 3 aromatic rings. The fraction of sp³-hybridized carbons (Fsp3) is 0. The molecule has 1 N–H and O–H groups in total. The van der Waals surface area contributed by atoms with Crippen LogP contribution in [-0.2, 0) is 0 Å². The van der Waals surface area contributed by atoms with Crippen LogP contribution in [-0.4, -0.2) is 14.5 Å². The topological polar surface area (TPSA) is 37.5 Å². The molecule has 0 aliphatic rings. The zero-order valence-corrected chi connectivity index (χ0v) is 9.76. The van der Waals surface area contributed by atoms with Gasteiger partial charge in [0.05, 0.1) is 5.03 Å². The molecule has 0 saturated heterocycles. The Kier molecular flexibility index (Phi) is 2.49. The van der Waals surface area contributed by atoms with Crippen LogP contribution < -0.4 is 0 Å². The summed E-state index contributed by atoms with van der Waals surface area (Å²) in [5, 5.41) is 10.3. The van der Waals surface area contributed by atoms with E-state index in [1.165, 1.54) is 0 Å². The van der Waals surface area contributed by atoms with Crippen LogP contribution in [0.5, 0.6) is 5.75 Å². The SMILES string of the molecule is Oc1ccc(Sc2cccc3nccn23)cc1. The molecule has 3 nitrogen and oxygen atoms in total. The van der Waals surface area contributed by atoms with Crippen molar-refractivity contribution in [3.8, 4) is 5.75 Å². The Bertz CT molecular complexity index is 646. The molecule has 0 aliphatic heterocycles. The molecule has 0 unspecified atom stereocenters. The summed E-state index contributed by atoms with van der Waals surface area (Å²) in [7, 11) is 0. The van der Waals surface area contributed by atoms with Gasteiger partial charge in [0.15, 0.2) is 0 Å². The maximum Gasteiger partial charge on any atom is 0.137 e. The lowest BCUT2D eigenvalue weighted by atomic mass is 10.3. The molecule has 84 valence electrons. The zero-order chi connectivity index (χ0) is 11.7. The standard InChI is InChI=1S/C13H10N2OS/c16-10-4-6-11(7-5-10)17-13-3-1-2-12-14-8-9-15(12)13/h1-9,16H. The molecule has 0 bridgehead atoms. The summed E-state index contributed by atoms with van der Waals surface area (Å²) in [4.78, 5) is 5.33. The highest BCUT2D eigenvalue weighted by molar-refractivity contribution is 7.99. The number of hydrogen-bond acceptors (Lipinski definition) is 3. The van der Waals surface area contributed by atoms with Crippen LogP contribution in [0.4, 0.5) is 0 Å². The Labute approximate surface area is 103 Å². The molecule has 0 radical (unpaired) electrons. The number of hydrogen-bond donors (Lipinski definition) is 1. The molecular weight excluding hydrogens is 232 g/mol. The van der Waals surface area contributed by atoms with Gasteiger partial charge in [-0.3, -0.25) is 4.40 Å². The van der Waals surface area contributed by atoms with Crippen molar-refractivity contribution in [2.75, 3.05) is 0 Å². The number of aromatic nitrogens is 2. The van der Waals surface area contributed by atoms with Gasteiger partial charge < -0.3 is 5.11 Å². The molecule has 0 aliphatic carbocycles. The normalized spacial score (nSPS) is 10.8. The first-order valence-electron chi connectivity index (χ1n) is 5.22. The Morgan fingerprint density at radius 3 is 2.71 bits per heavy atom. The summed E-state index contributed by atoms with van der Waals surface area (Å²) in [6.07, 6.45) is 3.73. The van der Waals surface area contributed by atoms with Gasteiger partial charge in [-0.25, -0.2) is 4.98 Å². The van der Waals surface area contributed by atoms with E-state index in [4.69, 9.17) is 0 Å². The maximum atomic E-state index is 9.24. The number of phenols is 1. The van der Waals surface area contributed by atoms with Crippen molar-refractivity contribution in [3.63, 3.8) is 0 Å². The van der Waals surface area contributed by atoms with Crippen LogP contribution in [0.3, 0.4) is 0 Å². The average Bonchev–Trinajstić information content (AvgIpc) is 2.81. The van der Waals surface area contributed by atoms with Gasteiger partial charge in [0, 0.05) is 17.3 Å². The van der Waals surface area contributed by atoms with Crippen LogP contribution in [0.1, 0.15) is 0 Å². The number of aromatic hydroxyl groups is 1. The van der Waals surface area contributed by atoms with Gasteiger partial charge in [0.25, 0.3) is 0 Å². The smallest absolute Gasteiger partial charge is 0.137 e. The average molecular weight is 242 g/mol. The predicted octanol–water partition coefficient (Wildman–Crippen LogP) is 3.19. The van der Waals surface area contributed by atoms with Crippen LogP contribution in [0, 0.1) is 0 Å². The highest BCUT2D eigenvalue weighted by Gasteiger charge is 2.02. The highest BCUT2D eigenvalue weighted by atomic mass is 32.2. The van der Waals surface area contributed by atoms with Crippen LogP contribution >= 0.6 is 11.8 Å². The second-order valence-electron chi connectivity index (χ2n) is 3.62. The van der Waals surface area contributed by atoms with Gasteiger partial charge in [-0.1, -0.05) is 17.8 Å². The second kappa shape index (κ2) is 4.14. The van der Waals surface area contributed by atoms with Crippen molar-refractivity contribution in [3.05, 3.63) is 54.9 Å². The van der Waals surface area contributed by atoms with Gasteiger partial charge in [-0.2, -0.15) is 0 Å². The number of nitrogens with zero attached hydrogens (tertiary/aromatic N) is 2. The summed E-state index contributed by atoms with van der Waals surface area (Å²) in [6.45, 7) is 0. The van der Waals surface area contributed by atoms with Crippen molar-refractivity contribution in [2.45, 2.75) is 9.92 Å². The van der Waals surface area contributed by atoms with Crippen molar-refractivity contribution >= 4 is 17.4 Å². The predicted molar refractivity (Wildman–Crippen MR) is 67.4 cm³/mol. The third kappa shape index (κ3) is 1.99. The lowest BCUT2D eigenvalue weighted by Gasteiger charge is -2.04. The van der Waals surface area contributed by atoms with Gasteiger partial charge in [0.1, 0.15) is 11.4 Å². The van der Waals surface area contributed by atoms with E-state index in [1.54, 1.807) is 30.1 Å². The van der Waals surface area contributed by atoms with Gasteiger partial charge in [-0.05, 0) is 36.4 Å². The van der Waals surface area contributed by atoms with Crippen molar-refractivity contribution in [1.82, 2.24) is 9.38 Å². The quantitative estimate of drug-likeness (QED) is 0.750. The molecular formula is C13H10N2OS. The third-order valence-corrected chi connectivity index (χ3v) is 3.50. The lowest BCUT2D eigenvalue weighted by molar-refractivity contribution is 0.475. The molecule has 2 heterocycles. The van der Waals surface area contributed by atoms with E-state index in [9.17, 15) is 5.11 Å². The minimum absolute atomic E-state index is 0.287. The first-order valence-corrected chi connectivity index (χ1v) is 6.03. The van der Waals surface area contributed by atoms with Crippen LogP contribution in [0.2, 0.25) is 0 Å². The van der Waals surface area contributed by atoms with Gasteiger partial charge in [0.2, 0.25) is 0 Å². The Hall–Kier alpha value is -1.94. The number of fused-ring (bicyclic) bond motifs is 1. The summed E-state index contributed by atoms with van der Waals surface area (Å²) in [5.41, 5.74) is 0.939. The molecule has 0 amide bonds. The number of phenolic OH excluding ortho intramolecular Hbond substituents is 1. The highest BCUT2D eigenvalue weighted by Crippen LogP contribution is 2.28. The zero-order valence-electron chi connectivity index (χ0n) is 8.95. The van der Waals surface area contributed by atoms with E-state index in [2.05, 4.69) is 4.98 Å². The number of imidazole rings is 1. The van der Waals surface area contributed by atoms with Crippen molar-refractivity contribution in [1.29, 1.82) is 0 Å². The number of rotatable bonds is 2. The summed E-state index contributed by atoms with van der Waals surface area (Å²) in [5.74, 6) is 0.287. The van der Waals surface area contributed by atoms with Crippen molar-refractivity contribution < 1.29 is 5.11 Å². The Morgan fingerprint density at radius 1 is 1.06 bits per heavy atom. The molecule has 0 spiro atoms. The molecule has 17 heavy (non-hydrogen) atoms. The van der Waals surface area contributed by atoms with Gasteiger partial charge in [-0.15, -0.1) is 0 Å². The third-order valence-electron chi connectivity index (χ3n) is 2.45. The molecule has 0 fully saturated rings. The first-order chi connectivity index (χ1) is 8.33. The monoisotopic (exact) mass is 242 g/mol. The number of pyridine rings is 1. The summed E-state index contributed by atoms with van der Waals surface area (Å²) >= 11 is 1.64. The summed E-state index contributed by atoms with van der Waals surface area (Å²) < 4.78 is 2.04. The Morgan fingerprint density at radius 2 is 1.88 bits per heavy atom. The minimum atomic E-state index is 0.287. The van der Waals surface area contributed by atoms with E-state index < -0.39 is 0 Å². The Balaban J connectivity index is 1.99. The molecule has 0 atom stereocenters. The largest absolute Gasteiger partial charge is 0.508 e. The minimum Gasteiger partial charge on any atom is -0.508 e.